The summed E-state index contributed by atoms with van der Waals surface area (Å²) in [6.45, 7) is 2.54. The van der Waals surface area contributed by atoms with Gasteiger partial charge in [-0.1, -0.05) is 24.3 Å². The highest BCUT2D eigenvalue weighted by Crippen LogP contribution is 2.26. The number of anilines is 1. The molecule has 0 aromatic heterocycles. The van der Waals surface area contributed by atoms with Crippen molar-refractivity contribution in [3.05, 3.63) is 54.1 Å². The SMILES string of the molecule is CCOc1ccccc1OCC(=O)NCc1cccc(NC(=O)CC#N)c1. The van der Waals surface area contributed by atoms with Gasteiger partial charge < -0.3 is 20.1 Å². The lowest BCUT2D eigenvalue weighted by Gasteiger charge is -2.12. The fourth-order valence-corrected chi connectivity index (χ4v) is 2.28. The van der Waals surface area contributed by atoms with Crippen molar-refractivity contribution in [2.75, 3.05) is 18.5 Å². The Morgan fingerprint density at radius 2 is 1.78 bits per heavy atom. The smallest absolute Gasteiger partial charge is 0.258 e. The molecule has 27 heavy (non-hydrogen) atoms. The van der Waals surface area contributed by atoms with Crippen LogP contribution >= 0.6 is 0 Å². The number of carbonyl (C=O) groups is 2. The molecule has 0 aliphatic heterocycles. The van der Waals surface area contributed by atoms with E-state index in [2.05, 4.69) is 10.6 Å². The zero-order valence-corrected chi connectivity index (χ0v) is 15.0. The number of ether oxygens (including phenoxy) is 2. The Balaban J connectivity index is 1.84. The minimum atomic E-state index is -0.375. The number of rotatable bonds is 9. The minimum Gasteiger partial charge on any atom is -0.490 e. The third-order valence-electron chi connectivity index (χ3n) is 3.45. The van der Waals surface area contributed by atoms with E-state index in [1.54, 1.807) is 36.4 Å². The second kappa shape index (κ2) is 10.5. The Bertz CT molecular complexity index is 830. The van der Waals surface area contributed by atoms with Crippen LogP contribution in [-0.4, -0.2) is 25.0 Å². The number of nitriles is 1. The van der Waals surface area contributed by atoms with Crippen LogP contribution < -0.4 is 20.1 Å². The molecule has 0 fully saturated rings. The summed E-state index contributed by atoms with van der Waals surface area (Å²) in [5, 5.41) is 13.9. The summed E-state index contributed by atoms with van der Waals surface area (Å²) in [4.78, 5) is 23.5. The first-order valence-electron chi connectivity index (χ1n) is 8.49. The van der Waals surface area contributed by atoms with E-state index in [0.717, 1.165) is 5.56 Å². The Hall–Kier alpha value is -3.53. The molecule has 0 aliphatic rings. The first-order valence-corrected chi connectivity index (χ1v) is 8.49. The number of hydrogen-bond donors (Lipinski definition) is 2. The third-order valence-corrected chi connectivity index (χ3v) is 3.45. The molecule has 0 bridgehead atoms. The average Bonchev–Trinajstić information content (AvgIpc) is 2.66. The van der Waals surface area contributed by atoms with Gasteiger partial charge in [0, 0.05) is 12.2 Å². The maximum absolute atomic E-state index is 12.0. The second-order valence-electron chi connectivity index (χ2n) is 5.53. The summed E-state index contributed by atoms with van der Waals surface area (Å²) in [7, 11) is 0. The van der Waals surface area contributed by atoms with Crippen LogP contribution in [0.3, 0.4) is 0 Å². The number of carbonyl (C=O) groups excluding carboxylic acids is 2. The molecular weight excluding hydrogens is 346 g/mol. The molecule has 0 radical (unpaired) electrons. The molecule has 2 aromatic carbocycles. The predicted octanol–water partition coefficient (Wildman–Crippen LogP) is 2.63. The Morgan fingerprint density at radius 3 is 2.48 bits per heavy atom. The minimum absolute atomic E-state index is 0.136. The Morgan fingerprint density at radius 1 is 1.04 bits per heavy atom. The van der Waals surface area contributed by atoms with Crippen molar-refractivity contribution in [3.63, 3.8) is 0 Å². The van der Waals surface area contributed by atoms with E-state index in [9.17, 15) is 9.59 Å². The second-order valence-corrected chi connectivity index (χ2v) is 5.53. The monoisotopic (exact) mass is 367 g/mol. The third kappa shape index (κ3) is 6.71. The van der Waals surface area contributed by atoms with E-state index in [4.69, 9.17) is 14.7 Å². The van der Waals surface area contributed by atoms with E-state index in [0.29, 0.717) is 23.8 Å². The maximum Gasteiger partial charge on any atom is 0.258 e. The highest BCUT2D eigenvalue weighted by molar-refractivity contribution is 5.92. The van der Waals surface area contributed by atoms with Gasteiger partial charge in [0.2, 0.25) is 5.91 Å². The standard InChI is InChI=1S/C20H21N3O4/c1-2-26-17-8-3-4-9-18(17)27-14-20(25)22-13-15-6-5-7-16(12-15)23-19(24)10-11-21/h3-9,12H,2,10,13-14H2,1H3,(H,22,25)(H,23,24). The van der Waals surface area contributed by atoms with Crippen LogP contribution in [0.5, 0.6) is 11.5 Å². The average molecular weight is 367 g/mol. The number of nitrogens with one attached hydrogen (secondary N) is 2. The molecule has 2 aromatic rings. The van der Waals surface area contributed by atoms with Gasteiger partial charge >= 0.3 is 0 Å². The fraction of sp³-hybridized carbons (Fsp3) is 0.250. The molecule has 2 rings (SSSR count). The molecule has 0 heterocycles. The van der Waals surface area contributed by atoms with Gasteiger partial charge in [0.15, 0.2) is 18.1 Å². The van der Waals surface area contributed by atoms with Crippen LogP contribution in [0, 0.1) is 11.3 Å². The summed E-state index contributed by atoms with van der Waals surface area (Å²) in [5.41, 5.74) is 1.39. The van der Waals surface area contributed by atoms with Gasteiger partial charge in [-0.25, -0.2) is 0 Å². The van der Waals surface area contributed by atoms with Crippen molar-refractivity contribution in [3.8, 4) is 17.6 Å². The van der Waals surface area contributed by atoms with Crippen LogP contribution in [0.15, 0.2) is 48.5 Å². The molecule has 0 unspecified atom stereocenters. The van der Waals surface area contributed by atoms with Crippen molar-refractivity contribution < 1.29 is 19.1 Å². The Labute approximate surface area is 157 Å². The van der Waals surface area contributed by atoms with Crippen LogP contribution in [0.4, 0.5) is 5.69 Å². The molecule has 7 nitrogen and oxygen atoms in total. The molecule has 2 amide bonds. The lowest BCUT2D eigenvalue weighted by atomic mass is 10.2. The highest BCUT2D eigenvalue weighted by atomic mass is 16.5. The van der Waals surface area contributed by atoms with Gasteiger partial charge in [0.25, 0.3) is 5.91 Å². The van der Waals surface area contributed by atoms with Gasteiger partial charge in [-0.3, -0.25) is 9.59 Å². The predicted molar refractivity (Wildman–Crippen MR) is 100 cm³/mol. The maximum atomic E-state index is 12.0. The van der Waals surface area contributed by atoms with Crippen LogP contribution in [0.1, 0.15) is 18.9 Å². The molecule has 0 saturated heterocycles. The van der Waals surface area contributed by atoms with Gasteiger partial charge in [0.05, 0.1) is 12.7 Å². The van der Waals surface area contributed by atoms with Crippen molar-refractivity contribution in [1.29, 1.82) is 5.26 Å². The molecule has 0 aliphatic carbocycles. The topological polar surface area (TPSA) is 100 Å². The number of hydrogen-bond acceptors (Lipinski definition) is 5. The van der Waals surface area contributed by atoms with Crippen LogP contribution in [0.25, 0.3) is 0 Å². The van der Waals surface area contributed by atoms with Crippen molar-refractivity contribution in [2.45, 2.75) is 19.9 Å². The van der Waals surface area contributed by atoms with Crippen molar-refractivity contribution in [1.82, 2.24) is 5.32 Å². The summed E-state index contributed by atoms with van der Waals surface area (Å²) in [6, 6.07) is 16.0. The largest absolute Gasteiger partial charge is 0.490 e. The summed E-state index contributed by atoms with van der Waals surface area (Å²) in [5.74, 6) is 0.450. The number of benzene rings is 2. The first kappa shape index (κ1) is 19.8. The number of amides is 2. The van der Waals surface area contributed by atoms with E-state index >= 15 is 0 Å². The molecule has 0 spiro atoms. The quantitative estimate of drug-likeness (QED) is 0.710. The molecule has 7 heteroatoms. The van der Waals surface area contributed by atoms with E-state index < -0.39 is 0 Å². The van der Waals surface area contributed by atoms with Gasteiger partial charge in [0.1, 0.15) is 6.42 Å². The molecular formula is C20H21N3O4. The van der Waals surface area contributed by atoms with E-state index in [-0.39, 0.29) is 31.4 Å². The zero-order valence-electron chi connectivity index (χ0n) is 15.0. The Kier molecular flexibility index (Phi) is 7.67. The summed E-state index contributed by atoms with van der Waals surface area (Å²) >= 11 is 0. The molecule has 2 N–H and O–H groups in total. The first-order chi connectivity index (χ1) is 13.1. The van der Waals surface area contributed by atoms with Crippen molar-refractivity contribution in [2.24, 2.45) is 0 Å². The highest BCUT2D eigenvalue weighted by Gasteiger charge is 2.08. The van der Waals surface area contributed by atoms with Crippen molar-refractivity contribution >= 4 is 17.5 Å². The van der Waals surface area contributed by atoms with E-state index in [1.165, 1.54) is 0 Å². The number of nitrogens with zero attached hydrogens (tertiary/aromatic N) is 1. The molecule has 0 saturated carbocycles. The van der Waals surface area contributed by atoms with Gasteiger partial charge in [-0.15, -0.1) is 0 Å². The number of para-hydroxylation sites is 2. The normalized spacial score (nSPS) is 9.78. The molecule has 0 atom stereocenters. The van der Waals surface area contributed by atoms with Gasteiger partial charge in [-0.05, 0) is 36.8 Å². The summed E-state index contributed by atoms with van der Waals surface area (Å²) < 4.78 is 11.0. The van der Waals surface area contributed by atoms with Crippen LogP contribution in [-0.2, 0) is 16.1 Å². The lowest BCUT2D eigenvalue weighted by Crippen LogP contribution is -2.28. The van der Waals surface area contributed by atoms with Gasteiger partial charge in [-0.2, -0.15) is 5.26 Å². The zero-order chi connectivity index (χ0) is 19.5. The lowest BCUT2D eigenvalue weighted by molar-refractivity contribution is -0.123. The molecule has 140 valence electrons. The van der Waals surface area contributed by atoms with Crippen LogP contribution in [0.2, 0.25) is 0 Å². The fourth-order valence-electron chi connectivity index (χ4n) is 2.28. The van der Waals surface area contributed by atoms with E-state index in [1.807, 2.05) is 25.1 Å². The summed E-state index contributed by atoms with van der Waals surface area (Å²) in [6.07, 6.45) is -0.207.